The van der Waals surface area contributed by atoms with E-state index in [0.29, 0.717) is 23.1 Å². The van der Waals surface area contributed by atoms with Gasteiger partial charge < -0.3 is 19.8 Å². The highest BCUT2D eigenvalue weighted by atomic mass is 35.5. The van der Waals surface area contributed by atoms with Crippen molar-refractivity contribution in [3.63, 3.8) is 0 Å². The average Bonchev–Trinajstić information content (AvgIpc) is 2.99. The number of H-pyrrole nitrogens is 1. The molecule has 0 saturated heterocycles. The predicted molar refractivity (Wildman–Crippen MR) is 93.4 cm³/mol. The molecule has 1 heterocycles. The summed E-state index contributed by atoms with van der Waals surface area (Å²) < 4.78 is 10.6. The molecule has 0 aliphatic heterocycles. The molecule has 5 heteroatoms. The second kappa shape index (κ2) is 6.94. The molecule has 1 aromatic heterocycles. The van der Waals surface area contributed by atoms with Crippen LogP contribution in [-0.2, 0) is 13.1 Å². The van der Waals surface area contributed by atoms with Gasteiger partial charge in [-0.3, -0.25) is 0 Å². The maximum absolute atomic E-state index is 6.31. The first-order chi connectivity index (χ1) is 11.2. The number of halogens is 1. The van der Waals surface area contributed by atoms with Gasteiger partial charge >= 0.3 is 0 Å². The van der Waals surface area contributed by atoms with Gasteiger partial charge in [0.2, 0.25) is 0 Å². The van der Waals surface area contributed by atoms with Crippen LogP contribution in [0.4, 0.5) is 0 Å². The molecule has 120 valence electrons. The summed E-state index contributed by atoms with van der Waals surface area (Å²) in [4.78, 5) is 3.28. The predicted octanol–water partition coefficient (Wildman–Crippen LogP) is 4.13. The molecule has 0 fully saturated rings. The van der Waals surface area contributed by atoms with Gasteiger partial charge in [-0.25, -0.2) is 0 Å². The summed E-state index contributed by atoms with van der Waals surface area (Å²) in [5, 5.41) is 5.32. The van der Waals surface area contributed by atoms with Gasteiger partial charge in [-0.05, 0) is 23.3 Å². The normalized spacial score (nSPS) is 10.9. The number of fused-ring (bicyclic) bond motifs is 1. The van der Waals surface area contributed by atoms with Gasteiger partial charge in [0.05, 0.1) is 14.2 Å². The largest absolute Gasteiger partial charge is 0.493 e. The van der Waals surface area contributed by atoms with Crippen LogP contribution in [0.15, 0.2) is 42.6 Å². The van der Waals surface area contributed by atoms with Crippen LogP contribution < -0.4 is 14.8 Å². The van der Waals surface area contributed by atoms with Crippen molar-refractivity contribution in [1.29, 1.82) is 0 Å². The Balaban J connectivity index is 1.71. The minimum absolute atomic E-state index is 0.637. The molecule has 0 spiro atoms. The molecule has 0 unspecified atom stereocenters. The summed E-state index contributed by atoms with van der Waals surface area (Å²) in [6.07, 6.45) is 2.04. The lowest BCUT2D eigenvalue weighted by Gasteiger charge is -2.12. The number of nitrogens with one attached hydrogen (secondary N) is 2. The molecular weight excluding hydrogens is 312 g/mol. The fourth-order valence-corrected chi connectivity index (χ4v) is 2.86. The first kappa shape index (κ1) is 15.7. The van der Waals surface area contributed by atoms with Crippen LogP contribution in [0.1, 0.15) is 11.1 Å². The Morgan fingerprint density at radius 3 is 2.48 bits per heavy atom. The zero-order valence-corrected chi connectivity index (χ0v) is 13.9. The third-order valence-corrected chi connectivity index (χ3v) is 4.21. The highest BCUT2D eigenvalue weighted by molar-refractivity contribution is 6.31. The van der Waals surface area contributed by atoms with Gasteiger partial charge in [0.25, 0.3) is 0 Å². The van der Waals surface area contributed by atoms with E-state index in [1.54, 1.807) is 20.3 Å². The van der Waals surface area contributed by atoms with Gasteiger partial charge in [-0.2, -0.15) is 0 Å². The van der Waals surface area contributed by atoms with E-state index < -0.39 is 0 Å². The van der Waals surface area contributed by atoms with E-state index in [2.05, 4.69) is 22.4 Å². The van der Waals surface area contributed by atoms with Crippen molar-refractivity contribution in [2.75, 3.05) is 14.2 Å². The number of hydrogen-bond acceptors (Lipinski definition) is 3. The van der Waals surface area contributed by atoms with Crippen LogP contribution in [0, 0.1) is 0 Å². The molecule has 23 heavy (non-hydrogen) atoms. The molecule has 0 bridgehead atoms. The smallest absolute Gasteiger partial charge is 0.162 e. The van der Waals surface area contributed by atoms with Crippen molar-refractivity contribution in [1.82, 2.24) is 10.3 Å². The second-order valence-electron chi connectivity index (χ2n) is 5.26. The summed E-state index contributed by atoms with van der Waals surface area (Å²) in [5.41, 5.74) is 3.36. The number of benzene rings is 2. The van der Waals surface area contributed by atoms with E-state index >= 15 is 0 Å². The third-order valence-electron chi connectivity index (χ3n) is 3.86. The molecule has 0 amide bonds. The molecule has 2 aromatic carbocycles. The number of aromatic nitrogens is 1. The Labute approximate surface area is 140 Å². The zero-order valence-electron chi connectivity index (χ0n) is 13.2. The van der Waals surface area contributed by atoms with Gasteiger partial charge in [-0.15, -0.1) is 0 Å². The summed E-state index contributed by atoms with van der Waals surface area (Å²) in [6.45, 7) is 1.41. The Hall–Kier alpha value is -2.17. The van der Waals surface area contributed by atoms with E-state index in [-0.39, 0.29) is 0 Å². The number of para-hydroxylation sites is 1. The van der Waals surface area contributed by atoms with Crippen LogP contribution in [0.2, 0.25) is 5.02 Å². The van der Waals surface area contributed by atoms with Crippen LogP contribution in [0.5, 0.6) is 11.5 Å². The molecule has 0 radical (unpaired) electrons. The fourth-order valence-electron chi connectivity index (χ4n) is 2.64. The maximum Gasteiger partial charge on any atom is 0.162 e. The third kappa shape index (κ3) is 3.28. The van der Waals surface area contributed by atoms with E-state index in [4.69, 9.17) is 21.1 Å². The molecule has 0 atom stereocenters. The van der Waals surface area contributed by atoms with Crippen molar-refractivity contribution < 1.29 is 9.47 Å². The van der Waals surface area contributed by atoms with Gasteiger partial charge in [0.1, 0.15) is 0 Å². The number of methoxy groups -OCH3 is 2. The first-order valence-corrected chi connectivity index (χ1v) is 7.77. The molecule has 0 saturated carbocycles. The summed E-state index contributed by atoms with van der Waals surface area (Å²) >= 11 is 6.31. The van der Waals surface area contributed by atoms with Crippen molar-refractivity contribution in [2.45, 2.75) is 13.1 Å². The highest BCUT2D eigenvalue weighted by Crippen LogP contribution is 2.33. The van der Waals surface area contributed by atoms with E-state index in [1.807, 2.05) is 24.4 Å². The lowest BCUT2D eigenvalue weighted by atomic mass is 10.1. The van der Waals surface area contributed by atoms with Crippen LogP contribution in [0.25, 0.3) is 10.9 Å². The molecular formula is C18H19ClN2O2. The van der Waals surface area contributed by atoms with Crippen LogP contribution in [-0.4, -0.2) is 19.2 Å². The number of rotatable bonds is 6. The maximum atomic E-state index is 6.31. The van der Waals surface area contributed by atoms with Crippen LogP contribution in [0.3, 0.4) is 0 Å². The molecule has 4 nitrogen and oxygen atoms in total. The quantitative estimate of drug-likeness (QED) is 0.714. The Morgan fingerprint density at radius 2 is 1.70 bits per heavy atom. The zero-order chi connectivity index (χ0) is 16.2. The molecule has 0 aliphatic carbocycles. The number of aromatic amines is 1. The monoisotopic (exact) mass is 330 g/mol. The lowest BCUT2D eigenvalue weighted by molar-refractivity contribution is 0.354. The summed E-state index contributed by atoms with van der Waals surface area (Å²) in [7, 11) is 3.22. The standard InChI is InChI=1S/C18H19ClN2O2/c1-22-17-7-12(15(19)8-18(17)23-2)9-20-10-13-11-21-16-6-4-3-5-14(13)16/h3-8,11,20-21H,9-10H2,1-2H3. The minimum atomic E-state index is 0.637. The van der Waals surface area contributed by atoms with Crippen molar-refractivity contribution in [3.05, 3.63) is 58.7 Å². The minimum Gasteiger partial charge on any atom is -0.493 e. The van der Waals surface area contributed by atoms with Crippen molar-refractivity contribution >= 4 is 22.5 Å². The highest BCUT2D eigenvalue weighted by Gasteiger charge is 2.10. The second-order valence-corrected chi connectivity index (χ2v) is 5.67. The molecule has 3 rings (SSSR count). The lowest BCUT2D eigenvalue weighted by Crippen LogP contribution is -2.13. The van der Waals surface area contributed by atoms with Gasteiger partial charge in [0.15, 0.2) is 11.5 Å². The van der Waals surface area contributed by atoms with E-state index in [9.17, 15) is 0 Å². The van der Waals surface area contributed by atoms with E-state index in [1.165, 1.54) is 10.9 Å². The van der Waals surface area contributed by atoms with E-state index in [0.717, 1.165) is 17.6 Å². The Morgan fingerprint density at radius 1 is 1.00 bits per heavy atom. The fraction of sp³-hybridized carbons (Fsp3) is 0.222. The Bertz CT molecular complexity index is 814. The summed E-state index contributed by atoms with van der Waals surface area (Å²) in [6, 6.07) is 12.0. The summed E-state index contributed by atoms with van der Waals surface area (Å²) in [5.74, 6) is 1.32. The average molecular weight is 331 g/mol. The number of ether oxygens (including phenoxy) is 2. The van der Waals surface area contributed by atoms with Crippen molar-refractivity contribution in [2.24, 2.45) is 0 Å². The number of hydrogen-bond donors (Lipinski definition) is 2. The molecule has 2 N–H and O–H groups in total. The topological polar surface area (TPSA) is 46.3 Å². The molecule has 3 aromatic rings. The van der Waals surface area contributed by atoms with Gasteiger partial charge in [-0.1, -0.05) is 29.8 Å². The van der Waals surface area contributed by atoms with Crippen molar-refractivity contribution in [3.8, 4) is 11.5 Å². The molecule has 0 aliphatic rings. The van der Waals surface area contributed by atoms with Crippen LogP contribution >= 0.6 is 11.6 Å². The Kier molecular flexibility index (Phi) is 4.74. The SMILES string of the molecule is COc1cc(Cl)c(CNCc2c[nH]c3ccccc23)cc1OC. The first-order valence-electron chi connectivity index (χ1n) is 7.39. The van der Waals surface area contributed by atoms with Gasteiger partial charge in [0, 0.05) is 41.3 Å².